The molecule has 4 nitrogen and oxygen atoms in total. The summed E-state index contributed by atoms with van der Waals surface area (Å²) in [7, 11) is 0. The summed E-state index contributed by atoms with van der Waals surface area (Å²) in [6.07, 6.45) is 1.48. The molecular formula is C14H11Cl2NO3. The largest absolute Gasteiger partial charge is 0.504 e. The fraction of sp³-hybridized carbons (Fsp3) is 0.143. The third-order valence-electron chi connectivity index (χ3n) is 2.54. The number of aromatic hydroxyl groups is 1. The van der Waals surface area contributed by atoms with E-state index >= 15 is 0 Å². The number of carbonyl (C=O) groups excluding carboxylic acids is 1. The van der Waals surface area contributed by atoms with Gasteiger partial charge in [-0.15, -0.1) is 0 Å². The van der Waals surface area contributed by atoms with Gasteiger partial charge in [0.1, 0.15) is 0 Å². The lowest BCUT2D eigenvalue weighted by atomic mass is 10.1. The van der Waals surface area contributed by atoms with Crippen molar-refractivity contribution < 1.29 is 14.6 Å². The number of pyridine rings is 1. The van der Waals surface area contributed by atoms with Crippen LogP contribution in [0.5, 0.6) is 11.5 Å². The molecule has 1 atom stereocenters. The molecule has 1 unspecified atom stereocenters. The second-order valence-corrected chi connectivity index (χ2v) is 4.97. The number of phenols is 1. The maximum absolute atomic E-state index is 10.5. The number of carbonyl (C=O) groups is 1. The van der Waals surface area contributed by atoms with Gasteiger partial charge in [0.05, 0.1) is 15.7 Å². The number of halogens is 2. The van der Waals surface area contributed by atoms with Crippen molar-refractivity contribution in [2.45, 2.75) is 13.0 Å². The molecule has 1 heterocycles. The van der Waals surface area contributed by atoms with Gasteiger partial charge in [-0.3, -0.25) is 9.78 Å². The van der Waals surface area contributed by atoms with Crippen molar-refractivity contribution in [1.29, 1.82) is 0 Å². The topological polar surface area (TPSA) is 59.4 Å². The molecule has 2 aromatic rings. The van der Waals surface area contributed by atoms with E-state index in [1.807, 2.05) is 0 Å². The Morgan fingerprint density at radius 3 is 2.70 bits per heavy atom. The van der Waals surface area contributed by atoms with Crippen LogP contribution in [0.25, 0.3) is 11.3 Å². The Kier molecular flexibility index (Phi) is 4.47. The monoisotopic (exact) mass is 311 g/mol. The average molecular weight is 312 g/mol. The first-order valence-electron chi connectivity index (χ1n) is 5.77. The van der Waals surface area contributed by atoms with Crippen LogP contribution in [0.15, 0.2) is 30.5 Å². The number of phenolic OH excluding ortho intramolecular Hbond substituents is 1. The van der Waals surface area contributed by atoms with Gasteiger partial charge in [0.15, 0.2) is 23.9 Å². The van der Waals surface area contributed by atoms with Gasteiger partial charge in [-0.1, -0.05) is 23.2 Å². The second-order valence-electron chi connectivity index (χ2n) is 4.13. The number of benzene rings is 1. The van der Waals surface area contributed by atoms with Crippen LogP contribution in [0.2, 0.25) is 10.0 Å². The lowest BCUT2D eigenvalue weighted by Crippen LogP contribution is -2.12. The average Bonchev–Trinajstić information content (AvgIpc) is 2.41. The Morgan fingerprint density at radius 1 is 1.35 bits per heavy atom. The second kappa shape index (κ2) is 6.11. The zero-order valence-electron chi connectivity index (χ0n) is 10.5. The van der Waals surface area contributed by atoms with Crippen LogP contribution in [0, 0.1) is 0 Å². The molecule has 0 saturated heterocycles. The van der Waals surface area contributed by atoms with E-state index < -0.39 is 6.10 Å². The number of ether oxygens (including phenoxy) is 1. The molecule has 1 aromatic heterocycles. The molecule has 0 bridgehead atoms. The Labute approximate surface area is 125 Å². The van der Waals surface area contributed by atoms with Gasteiger partial charge in [0.2, 0.25) is 0 Å². The van der Waals surface area contributed by atoms with Crippen molar-refractivity contribution >= 4 is 29.5 Å². The lowest BCUT2D eigenvalue weighted by Gasteiger charge is -2.11. The summed E-state index contributed by atoms with van der Waals surface area (Å²) in [5.41, 5.74) is 1.12. The molecule has 20 heavy (non-hydrogen) atoms. The Bertz CT molecular complexity index is 646. The van der Waals surface area contributed by atoms with Crippen LogP contribution >= 0.6 is 23.2 Å². The molecule has 104 valence electrons. The highest BCUT2D eigenvalue weighted by atomic mass is 35.5. The number of hydrogen-bond acceptors (Lipinski definition) is 4. The van der Waals surface area contributed by atoms with E-state index in [-0.39, 0.29) is 11.5 Å². The van der Waals surface area contributed by atoms with Crippen molar-refractivity contribution in [2.24, 2.45) is 0 Å². The first-order valence-corrected chi connectivity index (χ1v) is 6.53. The molecule has 0 saturated carbocycles. The zero-order chi connectivity index (χ0) is 14.7. The minimum Gasteiger partial charge on any atom is -0.504 e. The van der Waals surface area contributed by atoms with E-state index in [4.69, 9.17) is 27.9 Å². The Hall–Kier alpha value is -1.78. The number of nitrogens with zero attached hydrogens (tertiary/aromatic N) is 1. The zero-order valence-corrected chi connectivity index (χ0v) is 12.0. The smallest absolute Gasteiger partial charge is 0.162 e. The van der Waals surface area contributed by atoms with E-state index in [1.165, 1.54) is 12.3 Å². The summed E-state index contributed by atoms with van der Waals surface area (Å²) in [5.74, 6) is 0.127. The molecule has 0 aliphatic heterocycles. The summed E-state index contributed by atoms with van der Waals surface area (Å²) in [6.45, 7) is 1.58. The van der Waals surface area contributed by atoms with Crippen LogP contribution in [-0.2, 0) is 4.79 Å². The fourth-order valence-electron chi connectivity index (χ4n) is 1.62. The van der Waals surface area contributed by atoms with Crippen LogP contribution in [0.1, 0.15) is 6.92 Å². The molecule has 0 radical (unpaired) electrons. The van der Waals surface area contributed by atoms with Crippen molar-refractivity contribution in [1.82, 2.24) is 4.98 Å². The van der Waals surface area contributed by atoms with Gasteiger partial charge in [-0.2, -0.15) is 0 Å². The maximum atomic E-state index is 10.5. The van der Waals surface area contributed by atoms with Gasteiger partial charge in [-0.05, 0) is 31.2 Å². The molecule has 0 amide bonds. The van der Waals surface area contributed by atoms with Gasteiger partial charge < -0.3 is 9.84 Å². The number of rotatable bonds is 4. The maximum Gasteiger partial charge on any atom is 0.162 e. The van der Waals surface area contributed by atoms with Crippen molar-refractivity contribution in [3.63, 3.8) is 0 Å². The van der Waals surface area contributed by atoms with Crippen LogP contribution in [-0.4, -0.2) is 22.5 Å². The molecule has 0 aliphatic rings. The Balaban J connectivity index is 2.35. The van der Waals surface area contributed by atoms with E-state index in [2.05, 4.69) is 4.98 Å². The molecular weight excluding hydrogens is 301 g/mol. The molecule has 1 N–H and O–H groups in total. The molecule has 2 rings (SSSR count). The van der Waals surface area contributed by atoms with Crippen molar-refractivity contribution in [3.8, 4) is 22.8 Å². The third kappa shape index (κ3) is 3.21. The standard InChI is InChI=1S/C14H11Cl2NO3/c1-8(7-18)20-13-3-2-9(4-12(13)19)14-11(16)5-10(15)6-17-14/h2-8,19H,1H3. The lowest BCUT2D eigenvalue weighted by molar-refractivity contribution is -0.113. The predicted molar refractivity (Wildman–Crippen MR) is 77.5 cm³/mol. The van der Waals surface area contributed by atoms with Gasteiger partial charge in [-0.25, -0.2) is 0 Å². The van der Waals surface area contributed by atoms with Gasteiger partial charge in [0, 0.05) is 11.8 Å². The molecule has 0 aliphatic carbocycles. The van der Waals surface area contributed by atoms with Crippen molar-refractivity contribution in [3.05, 3.63) is 40.5 Å². The van der Waals surface area contributed by atoms with E-state index in [0.29, 0.717) is 27.6 Å². The summed E-state index contributed by atoms with van der Waals surface area (Å²) in [6, 6.07) is 6.28. The van der Waals surface area contributed by atoms with Crippen LogP contribution in [0.4, 0.5) is 0 Å². The third-order valence-corrected chi connectivity index (χ3v) is 3.04. The highest BCUT2D eigenvalue weighted by Crippen LogP contribution is 2.34. The highest BCUT2D eigenvalue weighted by molar-refractivity contribution is 6.36. The van der Waals surface area contributed by atoms with E-state index in [1.54, 1.807) is 25.1 Å². The number of aldehydes is 1. The minimum absolute atomic E-state index is 0.0935. The first kappa shape index (κ1) is 14.6. The SMILES string of the molecule is CC(C=O)Oc1ccc(-c2ncc(Cl)cc2Cl)cc1O. The molecule has 1 aromatic carbocycles. The highest BCUT2D eigenvalue weighted by Gasteiger charge is 2.11. The summed E-state index contributed by atoms with van der Waals surface area (Å²) in [4.78, 5) is 14.7. The molecule has 6 heteroatoms. The van der Waals surface area contributed by atoms with Crippen molar-refractivity contribution in [2.75, 3.05) is 0 Å². The van der Waals surface area contributed by atoms with Crippen LogP contribution in [0.3, 0.4) is 0 Å². The predicted octanol–water partition coefficient (Wildman–Crippen LogP) is 3.73. The van der Waals surface area contributed by atoms with Crippen LogP contribution < -0.4 is 4.74 Å². The van der Waals surface area contributed by atoms with Gasteiger partial charge >= 0.3 is 0 Å². The minimum atomic E-state index is -0.635. The molecule has 0 fully saturated rings. The molecule has 0 spiro atoms. The Morgan fingerprint density at radius 2 is 2.10 bits per heavy atom. The summed E-state index contributed by atoms with van der Waals surface area (Å²) < 4.78 is 5.24. The normalized spacial score (nSPS) is 11.9. The number of hydrogen-bond donors (Lipinski definition) is 1. The van der Waals surface area contributed by atoms with E-state index in [9.17, 15) is 9.90 Å². The fourth-order valence-corrected chi connectivity index (χ4v) is 2.11. The quantitative estimate of drug-likeness (QED) is 0.874. The first-order chi connectivity index (χ1) is 9.51. The van der Waals surface area contributed by atoms with Gasteiger partial charge in [0.25, 0.3) is 0 Å². The summed E-state index contributed by atoms with van der Waals surface area (Å²) >= 11 is 11.8. The number of aromatic nitrogens is 1. The van der Waals surface area contributed by atoms with E-state index in [0.717, 1.165) is 0 Å². The summed E-state index contributed by atoms with van der Waals surface area (Å²) in [5, 5.41) is 10.7.